The van der Waals surface area contributed by atoms with Gasteiger partial charge < -0.3 is 11.1 Å². The minimum absolute atomic E-state index is 0.156. The van der Waals surface area contributed by atoms with Gasteiger partial charge in [-0.3, -0.25) is 0 Å². The summed E-state index contributed by atoms with van der Waals surface area (Å²) in [6.45, 7) is -0.318. The minimum Gasteiger partial charge on any atom is -0.325 e. The maximum absolute atomic E-state index is 13.5. The van der Waals surface area contributed by atoms with Crippen LogP contribution in [-0.2, 0) is 0 Å². The largest absolute Gasteiger partial charge is 0.325 e. The first kappa shape index (κ1) is 9.80. The number of alkyl halides is 3. The lowest BCUT2D eigenvalue weighted by molar-refractivity contribution is -0.142. The number of halogens is 3. The van der Waals surface area contributed by atoms with Crippen LogP contribution in [-0.4, -0.2) is 31.2 Å². The second-order valence-corrected chi connectivity index (χ2v) is 3.12. The van der Waals surface area contributed by atoms with E-state index >= 15 is 0 Å². The number of hydrogen-bond acceptors (Lipinski definition) is 2. The molecule has 1 aliphatic rings. The molecule has 2 nitrogen and oxygen atoms in total. The fourth-order valence-electron chi connectivity index (χ4n) is 1.37. The van der Waals surface area contributed by atoms with Crippen molar-refractivity contribution in [3.63, 3.8) is 0 Å². The van der Waals surface area contributed by atoms with Crippen LogP contribution in [0.1, 0.15) is 12.8 Å². The molecule has 72 valence electrons. The summed E-state index contributed by atoms with van der Waals surface area (Å²) < 4.78 is 39.3. The topological polar surface area (TPSA) is 38.0 Å². The van der Waals surface area contributed by atoms with Crippen molar-refractivity contribution in [2.75, 3.05) is 19.6 Å². The van der Waals surface area contributed by atoms with Crippen molar-refractivity contribution in [1.82, 2.24) is 5.32 Å². The van der Waals surface area contributed by atoms with Crippen LogP contribution < -0.4 is 11.1 Å². The van der Waals surface area contributed by atoms with E-state index in [1.54, 1.807) is 0 Å². The Morgan fingerprint density at radius 2 is 1.83 bits per heavy atom. The first-order valence-corrected chi connectivity index (χ1v) is 3.99. The number of nitrogens with one attached hydrogen (secondary N) is 1. The second kappa shape index (κ2) is 3.22. The zero-order valence-electron chi connectivity index (χ0n) is 6.75. The monoisotopic (exact) mass is 182 g/mol. The smallest absolute Gasteiger partial charge is 0.293 e. The second-order valence-electron chi connectivity index (χ2n) is 3.12. The summed E-state index contributed by atoms with van der Waals surface area (Å²) in [6.07, 6.45) is -0.311. The van der Waals surface area contributed by atoms with E-state index < -0.39 is 18.1 Å². The third kappa shape index (κ3) is 1.56. The van der Waals surface area contributed by atoms with Crippen LogP contribution in [0.4, 0.5) is 13.2 Å². The maximum atomic E-state index is 13.5. The molecule has 0 aromatic carbocycles. The molecule has 3 N–H and O–H groups in total. The molecule has 0 bridgehead atoms. The Hall–Kier alpha value is -0.290. The molecule has 1 heterocycles. The van der Waals surface area contributed by atoms with Gasteiger partial charge in [0.15, 0.2) is 5.67 Å². The van der Waals surface area contributed by atoms with Gasteiger partial charge in [0.2, 0.25) is 0 Å². The van der Waals surface area contributed by atoms with Crippen molar-refractivity contribution in [3.8, 4) is 0 Å². The van der Waals surface area contributed by atoms with Gasteiger partial charge in [-0.15, -0.1) is 0 Å². The molecule has 0 aromatic heterocycles. The lowest BCUT2D eigenvalue weighted by atomic mass is 9.88. The van der Waals surface area contributed by atoms with E-state index in [4.69, 9.17) is 5.73 Å². The van der Waals surface area contributed by atoms with Crippen molar-refractivity contribution in [2.45, 2.75) is 24.4 Å². The molecular formula is C7H13F3N2. The van der Waals surface area contributed by atoms with E-state index in [0.717, 1.165) is 0 Å². The van der Waals surface area contributed by atoms with Gasteiger partial charge in [0.05, 0.1) is 6.54 Å². The molecule has 0 aromatic rings. The van der Waals surface area contributed by atoms with Crippen LogP contribution in [0.3, 0.4) is 0 Å². The molecule has 1 fully saturated rings. The lowest BCUT2D eigenvalue weighted by Crippen LogP contribution is -2.54. The third-order valence-corrected chi connectivity index (χ3v) is 2.31. The number of piperidine rings is 1. The van der Waals surface area contributed by atoms with Crippen molar-refractivity contribution < 1.29 is 13.2 Å². The van der Waals surface area contributed by atoms with Crippen molar-refractivity contribution in [1.29, 1.82) is 0 Å². The number of rotatable bonds is 2. The Balaban J connectivity index is 2.68. The first-order valence-electron chi connectivity index (χ1n) is 3.99. The van der Waals surface area contributed by atoms with Crippen LogP contribution in [0.5, 0.6) is 0 Å². The average molecular weight is 182 g/mol. The molecule has 0 atom stereocenters. The maximum Gasteiger partial charge on any atom is 0.293 e. The van der Waals surface area contributed by atoms with Crippen molar-refractivity contribution in [3.05, 3.63) is 0 Å². The lowest BCUT2D eigenvalue weighted by Gasteiger charge is -2.35. The van der Waals surface area contributed by atoms with Crippen molar-refractivity contribution >= 4 is 0 Å². The van der Waals surface area contributed by atoms with Gasteiger partial charge in [0.1, 0.15) is 0 Å². The molecular weight excluding hydrogens is 169 g/mol. The highest BCUT2D eigenvalue weighted by Gasteiger charge is 2.53. The number of hydrogen-bond donors (Lipinski definition) is 2. The molecule has 5 heteroatoms. The SMILES string of the molecule is NCC(F)(F)C1(F)CCNCC1. The Bertz CT molecular complexity index is 155. The fraction of sp³-hybridized carbons (Fsp3) is 1.00. The standard InChI is InChI=1S/C7H13F3N2/c8-6(7(9,10)5-11)1-3-12-4-2-6/h12H,1-5,11H2. The van der Waals surface area contributed by atoms with Gasteiger partial charge >= 0.3 is 0 Å². The summed E-state index contributed by atoms with van der Waals surface area (Å²) in [5.41, 5.74) is 2.42. The predicted octanol–water partition coefficient (Wildman–Crippen LogP) is 0.672. The van der Waals surface area contributed by atoms with E-state index in [1.165, 1.54) is 0 Å². The Kier molecular flexibility index (Phi) is 2.63. The Labute approximate surface area is 69.3 Å². The quantitative estimate of drug-likeness (QED) is 0.658. The highest BCUT2D eigenvalue weighted by atomic mass is 19.3. The summed E-state index contributed by atoms with van der Waals surface area (Å²) in [7, 11) is 0. The van der Waals surface area contributed by atoms with E-state index in [1.807, 2.05) is 0 Å². The van der Waals surface area contributed by atoms with Gasteiger partial charge in [-0.25, -0.2) is 13.2 Å². The van der Waals surface area contributed by atoms with Crippen LogP contribution in [0, 0.1) is 0 Å². The van der Waals surface area contributed by atoms with Crippen LogP contribution in [0.2, 0.25) is 0 Å². The van der Waals surface area contributed by atoms with E-state index in [9.17, 15) is 13.2 Å². The zero-order chi connectivity index (χ0) is 9.24. The molecule has 0 saturated carbocycles. The van der Waals surface area contributed by atoms with Crippen LogP contribution in [0.15, 0.2) is 0 Å². The van der Waals surface area contributed by atoms with Gasteiger partial charge in [0.25, 0.3) is 5.92 Å². The summed E-state index contributed by atoms with van der Waals surface area (Å²) in [5, 5.41) is 2.82. The molecule has 1 saturated heterocycles. The van der Waals surface area contributed by atoms with Gasteiger partial charge in [-0.1, -0.05) is 0 Å². The molecule has 0 radical (unpaired) electrons. The highest BCUT2D eigenvalue weighted by Crippen LogP contribution is 2.38. The molecule has 1 rings (SSSR count). The van der Waals surface area contributed by atoms with Gasteiger partial charge in [-0.2, -0.15) is 0 Å². The summed E-state index contributed by atoms with van der Waals surface area (Å²) >= 11 is 0. The predicted molar refractivity (Wildman–Crippen MR) is 39.9 cm³/mol. The third-order valence-electron chi connectivity index (χ3n) is 2.31. The molecule has 1 aliphatic heterocycles. The first-order chi connectivity index (χ1) is 5.52. The summed E-state index contributed by atoms with van der Waals surface area (Å²) in [4.78, 5) is 0. The molecule has 0 aliphatic carbocycles. The molecule has 0 amide bonds. The van der Waals surface area contributed by atoms with Gasteiger partial charge in [0, 0.05) is 0 Å². The Morgan fingerprint density at radius 3 is 2.25 bits per heavy atom. The highest BCUT2D eigenvalue weighted by molar-refractivity contribution is 4.97. The van der Waals surface area contributed by atoms with Crippen molar-refractivity contribution in [2.24, 2.45) is 5.73 Å². The van der Waals surface area contributed by atoms with E-state index in [0.29, 0.717) is 13.1 Å². The fourth-order valence-corrected chi connectivity index (χ4v) is 1.37. The summed E-state index contributed by atoms with van der Waals surface area (Å²) in [6, 6.07) is 0. The average Bonchev–Trinajstić information content (AvgIpc) is 2.06. The molecule has 0 spiro atoms. The normalized spacial score (nSPS) is 24.0. The minimum atomic E-state index is -3.38. The molecule has 0 unspecified atom stereocenters. The van der Waals surface area contributed by atoms with Gasteiger partial charge in [-0.05, 0) is 25.9 Å². The van der Waals surface area contributed by atoms with E-state index in [2.05, 4.69) is 5.32 Å². The zero-order valence-corrected chi connectivity index (χ0v) is 6.75. The Morgan fingerprint density at radius 1 is 1.33 bits per heavy atom. The van der Waals surface area contributed by atoms with Crippen LogP contribution >= 0.6 is 0 Å². The number of nitrogens with two attached hydrogens (primary N) is 1. The molecule has 12 heavy (non-hydrogen) atoms. The van der Waals surface area contributed by atoms with E-state index in [-0.39, 0.29) is 12.8 Å². The van der Waals surface area contributed by atoms with Crippen LogP contribution in [0.25, 0.3) is 0 Å². The summed E-state index contributed by atoms with van der Waals surface area (Å²) in [5.74, 6) is -3.38.